The Bertz CT molecular complexity index is 5270. The molecule has 0 unspecified atom stereocenters. The number of amides is 5. The maximum atomic E-state index is 12.2. The van der Waals surface area contributed by atoms with E-state index in [-0.39, 0.29) is 46.6 Å². The van der Waals surface area contributed by atoms with Crippen molar-refractivity contribution in [2.45, 2.75) is 28.2 Å². The molecule has 36 heteroatoms. The third kappa shape index (κ3) is 42.8. The number of phenolic OH excluding ortho intramolecular Hbond substituents is 1. The molecule has 0 atom stereocenters. The van der Waals surface area contributed by atoms with E-state index < -0.39 is 62.9 Å². The number of hydrogen-bond donors (Lipinski definition) is 11. The first kappa shape index (κ1) is 80.6. The number of urea groups is 1. The summed E-state index contributed by atoms with van der Waals surface area (Å²) >= 11 is 41.1. The number of aliphatic imine (C=N–C) groups is 1. The van der Waals surface area contributed by atoms with Crippen molar-refractivity contribution in [1.82, 2.24) is 40.9 Å². The molecule has 0 saturated heterocycles. The molecule has 0 bridgehead atoms. The second-order valence-corrected chi connectivity index (χ2v) is 58.2. The molecule has 0 saturated carbocycles. The molecule has 0 aliphatic carbocycles. The zero-order valence-electron chi connectivity index (χ0n) is 69.8. The Morgan fingerprint density at radius 2 is 0.866 bits per heavy atom. The number of hydrogen-bond acceptors (Lipinski definition) is 20. The first-order valence-corrected chi connectivity index (χ1v) is 46.1. The molecule has 0 spiro atoms. The number of isocyanates is 1. The third-order valence-corrected chi connectivity index (χ3v) is 14.2. The second kappa shape index (κ2) is 56.7. The van der Waals surface area contributed by atoms with Crippen molar-refractivity contribution in [3.8, 4) is 28.7 Å². The average Bonchev–Trinajstić information content (AvgIpc) is 0.868. The number of anilines is 5. The Morgan fingerprint density at radius 1 is 0.482 bits per heavy atom. The van der Waals surface area contributed by atoms with Gasteiger partial charge in [0.2, 0.25) is 6.08 Å². The number of aromatic carboxylic acids is 1. The number of phenols is 1. The number of aryl methyl sites for hydroxylation is 3. The molecule has 26 nitrogen and oxygen atoms in total. The quantitative estimate of drug-likeness (QED) is 0.0135. The van der Waals surface area contributed by atoms with Gasteiger partial charge in [-0.15, -0.1) is 0 Å². The number of aromatic hydroxyl groups is 1. The SMILES string of the molecule is C.Cc1cc(N)ccc1Cl.Cc1cc(N=C=O)ccc1Cl.Nc1ccc(O)cc1.O=C(Cl)c1cc(Cl)ccn1.O=C(O)c1ccccn1.[2H]C([2H])([2H])N.[2H]C([2H])([2H])NC(=O)c1cc(Cl)ccn1.[2H]C([2H])([2H])NC(=O)c1cc(Oc2ccc(N)cc2)ccn1.[2H]C([2H])([2H])NC(=O)c1cc(Oc2ccc(NC(=O)Nc3ccc(Cl)c(C)c3)cc2)ccn1.[I][V]([I])[I]. The van der Waals surface area contributed by atoms with E-state index in [0.717, 1.165) is 27.4 Å². The number of carbonyl (C=O) groups is 6. The van der Waals surface area contributed by atoms with Crippen molar-refractivity contribution in [3.05, 3.63) is 295 Å². The number of benzene rings is 6. The summed E-state index contributed by atoms with van der Waals surface area (Å²) in [6.45, 7) is -4.31. The third-order valence-electron chi connectivity index (χ3n) is 12.3. The van der Waals surface area contributed by atoms with Crippen LogP contribution in [0.1, 0.15) is 93.0 Å². The van der Waals surface area contributed by atoms with Crippen LogP contribution in [0.5, 0.6) is 28.7 Å². The number of nitrogen functional groups attached to an aromatic ring is 3. The van der Waals surface area contributed by atoms with Gasteiger partial charge in [0.15, 0.2) is 0 Å². The Hall–Kier alpha value is -9.46. The summed E-state index contributed by atoms with van der Waals surface area (Å²) in [5.41, 5.74) is 27.4. The van der Waals surface area contributed by atoms with Crippen LogP contribution < -0.4 is 59.0 Å². The van der Waals surface area contributed by atoms with Crippen molar-refractivity contribution in [3.63, 3.8) is 0 Å². The van der Waals surface area contributed by atoms with Crippen LogP contribution in [0, 0.1) is 20.8 Å². The Morgan fingerprint density at radius 3 is 1.25 bits per heavy atom. The van der Waals surface area contributed by atoms with Crippen LogP contribution in [0.4, 0.5) is 38.9 Å². The molecule has 5 amide bonds. The molecule has 0 radical (unpaired) electrons. The number of ether oxygens (including phenoxy) is 2. The molecule has 11 aromatic rings. The molecule has 6 aromatic carbocycles. The number of pyridine rings is 5. The van der Waals surface area contributed by atoms with E-state index in [1.165, 1.54) is 79.5 Å². The van der Waals surface area contributed by atoms with Gasteiger partial charge in [-0.25, -0.2) is 19.4 Å². The van der Waals surface area contributed by atoms with E-state index in [1.807, 2.05) is 37.5 Å². The van der Waals surface area contributed by atoms with E-state index in [1.54, 1.807) is 151 Å². The predicted octanol–water partition coefficient (Wildman–Crippen LogP) is 19.3. The number of halogens is 9. The summed E-state index contributed by atoms with van der Waals surface area (Å²) in [7, 11) is 0. The summed E-state index contributed by atoms with van der Waals surface area (Å²) < 4.78 is 92.1. The first-order valence-electron chi connectivity index (χ1n) is 36.4. The molecule has 5 aromatic heterocycles. The van der Waals surface area contributed by atoms with Gasteiger partial charge in [-0.2, -0.15) is 4.99 Å². The van der Waals surface area contributed by atoms with Crippen molar-refractivity contribution in [2.24, 2.45) is 10.7 Å². The normalized spacial score (nSPS) is 11.4. The van der Waals surface area contributed by atoms with E-state index in [9.17, 15) is 33.6 Å². The minimum atomic E-state index is -2.61. The van der Waals surface area contributed by atoms with Gasteiger partial charge in [-0.3, -0.25) is 39.1 Å². The molecule has 0 aliphatic heterocycles. The zero-order valence-corrected chi connectivity index (χ0v) is 70.2. The van der Waals surface area contributed by atoms with Crippen LogP contribution in [0.15, 0.2) is 230 Å². The summed E-state index contributed by atoms with van der Waals surface area (Å²) in [5, 5.41) is 30.2. The van der Waals surface area contributed by atoms with Gasteiger partial charge in [-0.05, 0) is 232 Å². The van der Waals surface area contributed by atoms with Gasteiger partial charge in [0, 0.05) is 134 Å². The molecular weight excluding hydrogens is 1940 g/mol. The molecule has 15 N–H and O–H groups in total. The topological polar surface area (TPSA) is 419 Å². The number of carboxylic acids is 1. The van der Waals surface area contributed by atoms with Gasteiger partial charge in [0.05, 0.1) is 5.69 Å². The van der Waals surface area contributed by atoms with Crippen molar-refractivity contribution >= 4 is 205 Å². The predicted molar refractivity (Wildman–Crippen MR) is 471 cm³/mol. The monoisotopic (exact) mass is 2030 g/mol. The number of nitrogens with one attached hydrogen (secondary N) is 5. The number of carboxylic acid groups (broad SMARTS) is 1. The number of nitrogens with zero attached hydrogens (tertiary/aromatic N) is 6. The fraction of sp³-hybridized carbons (Fsp3) is 0.105. The van der Waals surface area contributed by atoms with Gasteiger partial charge in [0.1, 0.15) is 57.2 Å². The summed E-state index contributed by atoms with van der Waals surface area (Å²) in [6, 6.07) is 51.3. The van der Waals surface area contributed by atoms with Crippen LogP contribution in [0.3, 0.4) is 0 Å². The first-order chi connectivity index (χ1) is 57.3. The standard InChI is InChI=1S/C21H19ClN4O3.C13H13N3O2.C8H6ClNO.C7H7ClN2O.C7H8ClN.C6H3Cl2NO.C6H5NO2.C6H7NO.CH5N.CH4.3HI.V/c1-13-11-15(5-8-18(13)22)26-21(28)25-14-3-6-16(7-4-14)29-17-9-10-24-19(12-17)20(27)23-2;1-15-13(17)12-8-11(6-7-16-12)18-10-4-2-9(14)3-5-10;1-6-4-7(10-5-11)2-3-8(6)9;1-9-7(11)6-4-5(8)2-3-10-6;1-5-4-6(9)2-3-7(5)8;7-4-1-2-9-5(3-4)6(8)10;8-6(9)5-3-1-2-4-7-5;7-5-1-3-6(8)4-2-5;1-2;;;;;/h3-12H,1-2H3,(H,23,27)(H2,25,26,28);2-8H,14H2,1H3,(H,15,17);2-4H,1H3;2-4H,1H3,(H,9,11);2-4H,9H2,1H3;1-3H;1-4H,(H,8,9);1-4,8H,7H2;2H2,1H3;1H4;3*1H;/q;;;;;;;;;;;;;+3/p-3/i2D3;1D3;;1D3;;;;;1D3;;;;;. The van der Waals surface area contributed by atoms with Crippen LogP contribution in [0.25, 0.3) is 0 Å². The van der Waals surface area contributed by atoms with Crippen molar-refractivity contribution in [1.29, 1.82) is 0 Å². The van der Waals surface area contributed by atoms with E-state index in [4.69, 9.17) is 123 Å². The second-order valence-electron chi connectivity index (χ2n) is 20.4. The summed E-state index contributed by atoms with van der Waals surface area (Å²) in [5.74, 6) is -1.50. The molecule has 0 aliphatic rings. The Labute approximate surface area is 732 Å². The summed E-state index contributed by atoms with van der Waals surface area (Å²) in [6.07, 6.45) is 8.37. The van der Waals surface area contributed by atoms with Crippen molar-refractivity contribution < 1.29 is 74.6 Å². The minimum absolute atomic E-state index is 0. The molecule has 590 valence electrons. The van der Waals surface area contributed by atoms with Gasteiger partial charge in [-0.1, -0.05) is 71.5 Å². The Balaban J connectivity index is 0.000000731. The maximum absolute atomic E-state index is 12.2. The fourth-order valence-corrected chi connectivity index (χ4v) is 8.02. The number of aromatic nitrogens is 5. The molecule has 0 fully saturated rings. The van der Waals surface area contributed by atoms with E-state index in [0.29, 0.717) is 71.5 Å². The van der Waals surface area contributed by atoms with Crippen LogP contribution in [-0.4, -0.2) is 104 Å². The van der Waals surface area contributed by atoms with E-state index >= 15 is 0 Å². The Kier molecular flexibility index (Phi) is 40.8. The van der Waals surface area contributed by atoms with Crippen molar-refractivity contribution in [2.75, 3.05) is 55.7 Å². The van der Waals surface area contributed by atoms with E-state index in [2.05, 4.69) is 106 Å². The van der Waals surface area contributed by atoms with Gasteiger partial charge in [0.25, 0.3) is 23.0 Å². The number of rotatable bonds is 12. The number of nitrogens with two attached hydrogens (primary N) is 4. The van der Waals surface area contributed by atoms with Crippen LogP contribution in [-0.2, 0) is 9.72 Å². The van der Waals surface area contributed by atoms with Crippen LogP contribution >= 0.6 is 130 Å². The molecular formula is C76H77Cl6I3N15O11V. The number of carbonyl (C=O) groups excluding carboxylic acids is 6. The molecule has 5 heterocycles. The summed E-state index contributed by atoms with van der Waals surface area (Å²) in [4.78, 5) is 99.2. The molecule has 112 heavy (non-hydrogen) atoms. The van der Waals surface area contributed by atoms with Crippen LogP contribution in [0.2, 0.25) is 25.1 Å². The van der Waals surface area contributed by atoms with Gasteiger partial charge < -0.3 is 69.2 Å². The zero-order chi connectivity index (χ0) is 93.0. The average molecular weight is 2030 g/mol. The van der Waals surface area contributed by atoms with Gasteiger partial charge >= 0.3 is 76.9 Å². The molecule has 11 rings (SSSR count). The fourth-order valence-electron chi connectivity index (χ4n) is 7.24.